The van der Waals surface area contributed by atoms with Crippen molar-refractivity contribution >= 4 is 25.3 Å². The van der Waals surface area contributed by atoms with Crippen LogP contribution in [0, 0.1) is 22.7 Å². The first-order valence-corrected chi connectivity index (χ1v) is 11.3. The van der Waals surface area contributed by atoms with Crippen LogP contribution in [0.15, 0.2) is 0 Å². The van der Waals surface area contributed by atoms with Crippen molar-refractivity contribution in [3.63, 3.8) is 0 Å². The van der Waals surface area contributed by atoms with Gasteiger partial charge in [0.15, 0.2) is 0 Å². The maximum atomic E-state index is 5.36. The average Bonchev–Trinajstić information content (AvgIpc) is 2.92. The molecule has 0 heterocycles. The van der Waals surface area contributed by atoms with E-state index >= 15 is 0 Å². The third kappa shape index (κ3) is 2.25. The Balaban J connectivity index is 1.62. The molecule has 7 saturated carbocycles. The van der Waals surface area contributed by atoms with Gasteiger partial charge in [-0.05, 0) is 80.5 Å². The fraction of sp³-hybridized carbons (Fsp3) is 1.00. The summed E-state index contributed by atoms with van der Waals surface area (Å²) in [5, 5.41) is 0. The zero-order valence-corrected chi connectivity index (χ0v) is 16.4. The van der Waals surface area contributed by atoms with Gasteiger partial charge in [-0.1, -0.05) is 38.5 Å². The molecular formula is C21H34S2. The minimum Gasteiger partial charge on any atom is -0.172 e. The SMILES string of the molecule is SC12CCCC34CCC(S)(CC3C43CCCCCCC(C1)C3)C2. The Morgan fingerprint density at radius 1 is 0.609 bits per heavy atom. The standard InChI is InChI=1S/C21H34S2/c22-18-7-5-9-20-11-10-19(23,15-18)14-17(20)21(20)8-4-2-1-3-6-16(12-18)13-21/h16-17,22-23H,1-15H2. The predicted octanol–water partition coefficient (Wildman–Crippen LogP) is 6.45. The Morgan fingerprint density at radius 2 is 1.39 bits per heavy atom. The average molecular weight is 351 g/mol. The molecule has 0 aliphatic heterocycles. The van der Waals surface area contributed by atoms with E-state index in [0.29, 0.717) is 4.75 Å². The first-order valence-electron chi connectivity index (χ1n) is 10.4. The Labute approximate surface area is 153 Å². The summed E-state index contributed by atoms with van der Waals surface area (Å²) in [4.78, 5) is 0. The van der Waals surface area contributed by atoms with E-state index in [-0.39, 0.29) is 4.75 Å². The van der Waals surface area contributed by atoms with Crippen molar-refractivity contribution < 1.29 is 0 Å². The molecule has 0 nitrogen and oxygen atoms in total. The molecule has 6 atom stereocenters. The summed E-state index contributed by atoms with van der Waals surface area (Å²) in [6.07, 6.45) is 21.9. The summed E-state index contributed by atoms with van der Waals surface area (Å²) >= 11 is 10.7. The van der Waals surface area contributed by atoms with E-state index in [2.05, 4.69) is 0 Å². The van der Waals surface area contributed by atoms with Crippen molar-refractivity contribution in [3.8, 4) is 0 Å². The van der Waals surface area contributed by atoms with Crippen molar-refractivity contribution in [2.24, 2.45) is 22.7 Å². The summed E-state index contributed by atoms with van der Waals surface area (Å²) in [7, 11) is 0. The molecule has 130 valence electrons. The lowest BCUT2D eigenvalue weighted by molar-refractivity contribution is 0.199. The maximum absolute atomic E-state index is 5.36. The number of fused-ring (bicyclic) bond motifs is 1. The molecule has 0 radical (unpaired) electrons. The van der Waals surface area contributed by atoms with Crippen LogP contribution in [0.25, 0.3) is 0 Å². The number of rotatable bonds is 0. The molecule has 6 unspecified atom stereocenters. The zero-order chi connectivity index (χ0) is 15.8. The molecule has 7 aliphatic carbocycles. The van der Waals surface area contributed by atoms with E-state index in [4.69, 9.17) is 25.3 Å². The fourth-order valence-electron chi connectivity index (χ4n) is 8.34. The molecule has 2 heteroatoms. The lowest BCUT2D eigenvalue weighted by atomic mass is 9.72. The van der Waals surface area contributed by atoms with Crippen LogP contribution < -0.4 is 0 Å². The van der Waals surface area contributed by atoms with Gasteiger partial charge in [0.05, 0.1) is 0 Å². The first-order chi connectivity index (χ1) is 11.0. The van der Waals surface area contributed by atoms with Gasteiger partial charge in [-0.3, -0.25) is 0 Å². The number of hydrogen-bond acceptors (Lipinski definition) is 2. The summed E-state index contributed by atoms with van der Waals surface area (Å²) < 4.78 is 0.590. The summed E-state index contributed by atoms with van der Waals surface area (Å²) in [6.45, 7) is 0. The van der Waals surface area contributed by atoms with Gasteiger partial charge in [0.25, 0.3) is 0 Å². The van der Waals surface area contributed by atoms with Crippen LogP contribution in [0.5, 0.6) is 0 Å². The second-order valence-corrected chi connectivity index (χ2v) is 12.2. The van der Waals surface area contributed by atoms with Crippen LogP contribution in [0.2, 0.25) is 0 Å². The van der Waals surface area contributed by atoms with Gasteiger partial charge in [0, 0.05) is 9.49 Å². The van der Waals surface area contributed by atoms with Crippen LogP contribution in [-0.2, 0) is 0 Å². The Kier molecular flexibility index (Phi) is 3.54. The van der Waals surface area contributed by atoms with Gasteiger partial charge >= 0.3 is 0 Å². The molecule has 6 bridgehead atoms. The second kappa shape index (κ2) is 5.12. The third-order valence-electron chi connectivity index (χ3n) is 9.09. The van der Waals surface area contributed by atoms with Gasteiger partial charge in [0.2, 0.25) is 0 Å². The van der Waals surface area contributed by atoms with E-state index in [1.165, 1.54) is 83.5 Å². The predicted molar refractivity (Wildman–Crippen MR) is 105 cm³/mol. The van der Waals surface area contributed by atoms with Gasteiger partial charge in [0.1, 0.15) is 0 Å². The Morgan fingerprint density at radius 3 is 2.30 bits per heavy atom. The highest BCUT2D eigenvalue weighted by atomic mass is 32.1. The van der Waals surface area contributed by atoms with E-state index < -0.39 is 0 Å². The minimum atomic E-state index is 0.284. The normalized spacial score (nSPS) is 58.7. The highest BCUT2D eigenvalue weighted by molar-refractivity contribution is 7.82. The highest BCUT2D eigenvalue weighted by Gasteiger charge is 2.77. The van der Waals surface area contributed by atoms with E-state index in [1.54, 1.807) is 12.8 Å². The Hall–Kier alpha value is 0.700. The molecule has 0 aromatic heterocycles. The third-order valence-corrected chi connectivity index (χ3v) is 10.2. The van der Waals surface area contributed by atoms with Gasteiger partial charge in [-0.15, -0.1) is 0 Å². The first kappa shape index (κ1) is 15.9. The molecule has 7 fully saturated rings. The van der Waals surface area contributed by atoms with Crippen molar-refractivity contribution in [1.29, 1.82) is 0 Å². The van der Waals surface area contributed by atoms with E-state index in [0.717, 1.165) is 22.7 Å². The van der Waals surface area contributed by atoms with E-state index in [9.17, 15) is 0 Å². The molecule has 0 aromatic carbocycles. The van der Waals surface area contributed by atoms with Crippen LogP contribution in [-0.4, -0.2) is 9.49 Å². The molecule has 0 N–H and O–H groups in total. The molecular weight excluding hydrogens is 316 g/mol. The summed E-state index contributed by atoms with van der Waals surface area (Å²) in [5.74, 6) is 1.98. The quantitative estimate of drug-likeness (QED) is 0.461. The van der Waals surface area contributed by atoms with Crippen LogP contribution in [0.3, 0.4) is 0 Å². The lowest BCUT2D eigenvalue weighted by Crippen LogP contribution is -2.37. The number of thiol groups is 2. The molecule has 7 rings (SSSR count). The zero-order valence-electron chi connectivity index (χ0n) is 14.7. The van der Waals surface area contributed by atoms with Gasteiger partial charge in [-0.25, -0.2) is 0 Å². The smallest absolute Gasteiger partial charge is 0.0146 e. The monoisotopic (exact) mass is 350 g/mol. The molecule has 7 aliphatic rings. The highest BCUT2D eigenvalue weighted by Crippen LogP contribution is 2.84. The van der Waals surface area contributed by atoms with E-state index in [1.807, 2.05) is 0 Å². The molecule has 0 aromatic rings. The largest absolute Gasteiger partial charge is 0.172 e. The second-order valence-electron chi connectivity index (χ2n) is 10.3. The van der Waals surface area contributed by atoms with Crippen molar-refractivity contribution in [1.82, 2.24) is 0 Å². The van der Waals surface area contributed by atoms with Crippen LogP contribution in [0.1, 0.15) is 96.3 Å². The summed E-state index contributed by atoms with van der Waals surface area (Å²) in [5.41, 5.74) is 1.47. The molecule has 0 saturated heterocycles. The van der Waals surface area contributed by atoms with Crippen molar-refractivity contribution in [2.45, 2.75) is 106 Å². The minimum absolute atomic E-state index is 0.284. The molecule has 0 amide bonds. The lowest BCUT2D eigenvalue weighted by Gasteiger charge is -2.42. The molecule has 2 spiro atoms. The topological polar surface area (TPSA) is 0 Å². The molecule has 23 heavy (non-hydrogen) atoms. The van der Waals surface area contributed by atoms with Crippen molar-refractivity contribution in [3.05, 3.63) is 0 Å². The van der Waals surface area contributed by atoms with Crippen LogP contribution >= 0.6 is 25.3 Å². The fourth-order valence-corrected chi connectivity index (χ4v) is 9.78. The summed E-state index contributed by atoms with van der Waals surface area (Å²) in [6, 6.07) is 0. The Bertz CT molecular complexity index is 504. The van der Waals surface area contributed by atoms with Crippen LogP contribution in [0.4, 0.5) is 0 Å². The van der Waals surface area contributed by atoms with Gasteiger partial charge < -0.3 is 0 Å². The van der Waals surface area contributed by atoms with Crippen molar-refractivity contribution in [2.75, 3.05) is 0 Å². The maximum Gasteiger partial charge on any atom is 0.0146 e. The number of hydrogen-bond donors (Lipinski definition) is 2. The van der Waals surface area contributed by atoms with Gasteiger partial charge in [-0.2, -0.15) is 25.3 Å².